The van der Waals surface area contributed by atoms with Gasteiger partial charge in [0.1, 0.15) is 11.2 Å². The van der Waals surface area contributed by atoms with Crippen LogP contribution in [-0.4, -0.2) is 133 Å². The average Bonchev–Trinajstić information content (AvgIpc) is 3.88. The molecule has 0 bridgehead atoms. The summed E-state index contributed by atoms with van der Waals surface area (Å²) >= 11 is 16.0. The van der Waals surface area contributed by atoms with Gasteiger partial charge in [-0.2, -0.15) is 0 Å². The molecular weight excluding hydrogens is 811 g/mol. The molecule has 12 nitrogen and oxygen atoms in total. The number of hydrogen-bond donors (Lipinski definition) is 1. The third kappa shape index (κ3) is 13.4. The maximum Gasteiger partial charge on any atom is 0.410 e. The Labute approximate surface area is 344 Å². The number of halogens is 3. The molecule has 0 unspecified atom stereocenters. The molecule has 1 N–H and O–H groups in total. The molecule has 4 aliphatic heterocycles. The van der Waals surface area contributed by atoms with Crippen LogP contribution in [0.1, 0.15) is 87.9 Å². The summed E-state index contributed by atoms with van der Waals surface area (Å²) < 4.78 is 11.5. The topological polar surface area (TPSA) is 115 Å². The maximum atomic E-state index is 12.7. The molecule has 0 saturated carbocycles. The van der Waals surface area contributed by atoms with Crippen molar-refractivity contribution >= 4 is 68.8 Å². The predicted octanol–water partition coefficient (Wildman–Crippen LogP) is 7.80. The summed E-state index contributed by atoms with van der Waals surface area (Å²) in [5, 5.41) is 4.19. The number of nitrogens with zero attached hydrogens (tertiary/aromatic N) is 5. The fraction of sp³-hybridized carbons (Fsp3) is 0.600. The molecule has 55 heavy (non-hydrogen) atoms. The number of anilines is 1. The second-order valence-electron chi connectivity index (χ2n) is 15.9. The smallest absolute Gasteiger partial charge is 0.410 e. The lowest BCUT2D eigenvalue weighted by atomic mass is 10.1. The molecule has 6 rings (SSSR count). The second-order valence-corrected chi connectivity index (χ2v) is 17.5. The Morgan fingerprint density at radius 1 is 0.582 bits per heavy atom. The van der Waals surface area contributed by atoms with E-state index in [1.54, 1.807) is 21.9 Å². The Bertz CT molecular complexity index is 1620. The molecule has 0 spiro atoms. The Hall–Kier alpha value is -3.26. The van der Waals surface area contributed by atoms with Gasteiger partial charge in [-0.1, -0.05) is 35.3 Å². The summed E-state index contributed by atoms with van der Waals surface area (Å²) in [7, 11) is 0. The maximum absolute atomic E-state index is 12.7. The minimum Gasteiger partial charge on any atom is -0.444 e. The van der Waals surface area contributed by atoms with Gasteiger partial charge in [0.05, 0.1) is 26.9 Å². The van der Waals surface area contributed by atoms with Crippen LogP contribution >= 0.6 is 39.1 Å². The number of rotatable bonds is 3. The third-order valence-corrected chi connectivity index (χ3v) is 10.9. The average molecular weight is 869 g/mol. The largest absolute Gasteiger partial charge is 0.444 e. The van der Waals surface area contributed by atoms with Gasteiger partial charge in [0.25, 0.3) is 11.8 Å². The van der Waals surface area contributed by atoms with Gasteiger partial charge in [0.15, 0.2) is 0 Å². The van der Waals surface area contributed by atoms with E-state index in [0.29, 0.717) is 47.4 Å². The van der Waals surface area contributed by atoms with Crippen molar-refractivity contribution in [3.63, 3.8) is 0 Å². The lowest BCUT2D eigenvalue weighted by Gasteiger charge is -2.37. The first-order valence-corrected chi connectivity index (χ1v) is 20.7. The first-order valence-electron chi connectivity index (χ1n) is 19.2. The SMILES string of the molecule is CC(C)(C)OC(=O)N1CCN(c2cccc(C(=O)N3CCCC3)c2Cl)CC1.CC(C)(C)OC(=O)N1CCNCC1.O=C(c1cccc(Br)c1Cl)N1CCCC1. The minimum atomic E-state index is -0.498. The molecule has 0 radical (unpaired) electrons. The van der Waals surface area contributed by atoms with Crippen molar-refractivity contribution in [2.75, 3.05) is 83.4 Å². The Morgan fingerprint density at radius 2 is 1.00 bits per heavy atom. The Morgan fingerprint density at radius 3 is 1.45 bits per heavy atom. The van der Waals surface area contributed by atoms with E-state index in [2.05, 4.69) is 26.1 Å². The molecular formula is C40H57BrCl2N6O6. The number of carbonyl (C=O) groups is 4. The Balaban J connectivity index is 0.000000202. The predicted molar refractivity (Wildman–Crippen MR) is 222 cm³/mol. The van der Waals surface area contributed by atoms with E-state index in [1.807, 2.05) is 75.6 Å². The van der Waals surface area contributed by atoms with E-state index in [1.165, 1.54) is 0 Å². The van der Waals surface area contributed by atoms with Crippen molar-refractivity contribution in [1.29, 1.82) is 0 Å². The van der Waals surface area contributed by atoms with E-state index in [9.17, 15) is 19.2 Å². The lowest BCUT2D eigenvalue weighted by Crippen LogP contribution is -2.50. The van der Waals surface area contributed by atoms with Crippen LogP contribution in [0.2, 0.25) is 10.0 Å². The highest BCUT2D eigenvalue weighted by atomic mass is 79.9. The first-order chi connectivity index (χ1) is 25.9. The molecule has 4 heterocycles. The standard InChI is InChI=1S/C20H28ClN3O3.C11H11BrClNO.C9H18N2O2/c1-20(2,3)27-19(26)24-13-11-22(12-14-24)16-8-6-7-15(17(16)21)18(25)23-9-4-5-10-23;12-9-5-3-4-8(10(9)13)11(15)14-6-1-2-7-14;1-9(2,3)13-8(12)11-6-4-10-5-7-11/h6-8H,4-5,9-14H2,1-3H3;3-5H,1-2,6-7H2;10H,4-7H2,1-3H3. The van der Waals surface area contributed by atoms with Gasteiger partial charge < -0.3 is 39.3 Å². The van der Waals surface area contributed by atoms with Crippen molar-refractivity contribution in [1.82, 2.24) is 24.9 Å². The highest BCUT2D eigenvalue weighted by molar-refractivity contribution is 9.10. The number of piperazine rings is 2. The number of hydrogen-bond acceptors (Lipinski definition) is 8. The summed E-state index contributed by atoms with van der Waals surface area (Å²) in [6.45, 7) is 20.2. The van der Waals surface area contributed by atoms with Gasteiger partial charge in [0, 0.05) is 83.0 Å². The van der Waals surface area contributed by atoms with Crippen LogP contribution in [0.15, 0.2) is 40.9 Å². The number of nitrogens with one attached hydrogen (secondary N) is 1. The first kappa shape index (κ1) is 44.5. The van der Waals surface area contributed by atoms with Crippen LogP contribution in [0.3, 0.4) is 0 Å². The summed E-state index contributed by atoms with van der Waals surface area (Å²) in [5.74, 6) is 0.0468. The van der Waals surface area contributed by atoms with Gasteiger partial charge >= 0.3 is 12.2 Å². The van der Waals surface area contributed by atoms with E-state index in [-0.39, 0.29) is 29.6 Å². The van der Waals surface area contributed by atoms with Gasteiger partial charge in [-0.15, -0.1) is 0 Å². The fourth-order valence-electron chi connectivity index (χ4n) is 6.41. The van der Waals surface area contributed by atoms with Gasteiger partial charge in [-0.05, 0) is 107 Å². The van der Waals surface area contributed by atoms with E-state index >= 15 is 0 Å². The summed E-state index contributed by atoms with van der Waals surface area (Å²) in [6.07, 6.45) is 3.81. The Kier molecular flexibility index (Phi) is 16.4. The van der Waals surface area contributed by atoms with Crippen molar-refractivity contribution < 1.29 is 28.7 Å². The van der Waals surface area contributed by atoms with Crippen LogP contribution in [0, 0.1) is 0 Å². The minimum absolute atomic E-state index is 0.00624. The van der Waals surface area contributed by atoms with E-state index < -0.39 is 5.60 Å². The molecule has 0 atom stereocenters. The molecule has 4 amide bonds. The number of carbonyl (C=O) groups excluding carboxylic acids is 4. The van der Waals surface area contributed by atoms with Crippen molar-refractivity contribution in [2.24, 2.45) is 0 Å². The van der Waals surface area contributed by atoms with Crippen LogP contribution < -0.4 is 10.2 Å². The number of ether oxygens (including phenoxy) is 2. The summed E-state index contributed by atoms with van der Waals surface area (Å²) in [4.78, 5) is 57.8. The van der Waals surface area contributed by atoms with Crippen molar-refractivity contribution in [2.45, 2.75) is 78.4 Å². The normalized spacial score (nSPS) is 17.5. The molecule has 2 aromatic carbocycles. The lowest BCUT2D eigenvalue weighted by molar-refractivity contribution is 0.0223. The van der Waals surface area contributed by atoms with Gasteiger partial charge in [0.2, 0.25) is 0 Å². The zero-order chi connectivity index (χ0) is 40.3. The molecule has 304 valence electrons. The van der Waals surface area contributed by atoms with Crippen molar-refractivity contribution in [3.05, 3.63) is 62.0 Å². The molecule has 0 aliphatic carbocycles. The quantitative estimate of drug-likeness (QED) is 0.333. The van der Waals surface area contributed by atoms with Gasteiger partial charge in [-0.3, -0.25) is 9.59 Å². The van der Waals surface area contributed by atoms with E-state index in [0.717, 1.165) is 88.2 Å². The third-order valence-electron chi connectivity index (χ3n) is 9.22. The molecule has 15 heteroatoms. The number of likely N-dealkylation sites (tertiary alicyclic amines) is 2. The zero-order valence-electron chi connectivity index (χ0n) is 33.1. The van der Waals surface area contributed by atoms with Crippen LogP contribution in [0.4, 0.5) is 15.3 Å². The molecule has 2 aromatic rings. The molecule has 4 aliphatic rings. The summed E-state index contributed by atoms with van der Waals surface area (Å²) in [5.41, 5.74) is 1.12. The summed E-state index contributed by atoms with van der Waals surface area (Å²) in [6, 6.07) is 11.1. The van der Waals surface area contributed by atoms with E-state index in [4.69, 9.17) is 32.7 Å². The highest BCUT2D eigenvalue weighted by Gasteiger charge is 2.29. The van der Waals surface area contributed by atoms with Crippen LogP contribution in [0.5, 0.6) is 0 Å². The molecule has 4 saturated heterocycles. The molecule has 0 aromatic heterocycles. The molecule has 4 fully saturated rings. The van der Waals surface area contributed by atoms with Crippen LogP contribution in [0.25, 0.3) is 0 Å². The monoisotopic (exact) mass is 866 g/mol. The van der Waals surface area contributed by atoms with Gasteiger partial charge in [-0.25, -0.2) is 9.59 Å². The zero-order valence-corrected chi connectivity index (χ0v) is 36.2. The number of benzene rings is 2. The fourth-order valence-corrected chi connectivity index (χ4v) is 7.31. The highest BCUT2D eigenvalue weighted by Crippen LogP contribution is 2.32. The van der Waals surface area contributed by atoms with Crippen LogP contribution in [-0.2, 0) is 9.47 Å². The second kappa shape index (κ2) is 20.2. The van der Waals surface area contributed by atoms with Crippen molar-refractivity contribution in [3.8, 4) is 0 Å². The number of amides is 4.